The first-order valence-corrected chi connectivity index (χ1v) is 7.14. The molecule has 1 heterocycles. The Bertz CT molecular complexity index is 445. The maximum atomic E-state index is 11.8. The van der Waals surface area contributed by atoms with Crippen molar-refractivity contribution in [1.29, 1.82) is 0 Å². The number of anilines is 1. The number of pyridine rings is 1. The van der Waals surface area contributed by atoms with Crippen LogP contribution in [-0.4, -0.2) is 44.2 Å². The van der Waals surface area contributed by atoms with E-state index in [9.17, 15) is 8.42 Å². The van der Waals surface area contributed by atoms with E-state index in [-0.39, 0.29) is 4.90 Å². The van der Waals surface area contributed by atoms with Gasteiger partial charge in [0.1, 0.15) is 10.7 Å². The average Bonchev–Trinajstić information content (AvgIpc) is 2.30. The van der Waals surface area contributed by atoms with Crippen molar-refractivity contribution in [2.24, 2.45) is 0 Å². The standard InChI is InChI=1S/C10H16ClN3O2S/c1-14(2)17(15,16)9-4-5-10(13-8-9)12-7-3-6-11/h4-5,8H,3,6-7H2,1-2H3,(H,12,13). The number of hydrogen-bond acceptors (Lipinski definition) is 4. The quantitative estimate of drug-likeness (QED) is 0.630. The zero-order chi connectivity index (χ0) is 12.9. The van der Waals surface area contributed by atoms with Crippen molar-refractivity contribution in [2.75, 3.05) is 31.8 Å². The number of rotatable bonds is 6. The van der Waals surface area contributed by atoms with Crippen LogP contribution in [0.5, 0.6) is 0 Å². The first kappa shape index (κ1) is 14.2. The molecule has 1 rings (SSSR count). The van der Waals surface area contributed by atoms with E-state index < -0.39 is 10.0 Å². The number of nitrogens with zero attached hydrogens (tertiary/aromatic N) is 2. The molecule has 0 saturated heterocycles. The zero-order valence-electron chi connectivity index (χ0n) is 9.85. The Balaban J connectivity index is 2.75. The number of aromatic nitrogens is 1. The van der Waals surface area contributed by atoms with Crippen LogP contribution in [0.3, 0.4) is 0 Å². The second kappa shape index (κ2) is 6.18. The number of nitrogens with one attached hydrogen (secondary N) is 1. The normalized spacial score (nSPS) is 11.8. The van der Waals surface area contributed by atoms with Crippen LogP contribution in [0.15, 0.2) is 23.2 Å². The van der Waals surface area contributed by atoms with E-state index in [0.717, 1.165) is 17.3 Å². The predicted molar refractivity (Wildman–Crippen MR) is 68.9 cm³/mol. The van der Waals surface area contributed by atoms with Crippen molar-refractivity contribution >= 4 is 27.4 Å². The van der Waals surface area contributed by atoms with Gasteiger partial charge in [0.2, 0.25) is 10.0 Å². The summed E-state index contributed by atoms with van der Waals surface area (Å²) in [5, 5.41) is 3.05. The summed E-state index contributed by atoms with van der Waals surface area (Å²) in [6.07, 6.45) is 2.18. The van der Waals surface area contributed by atoms with E-state index >= 15 is 0 Å². The molecule has 0 aliphatic carbocycles. The molecule has 0 aliphatic rings. The van der Waals surface area contributed by atoms with Crippen LogP contribution in [0, 0.1) is 0 Å². The lowest BCUT2D eigenvalue weighted by atomic mass is 10.4. The van der Waals surface area contributed by atoms with Gasteiger partial charge >= 0.3 is 0 Å². The van der Waals surface area contributed by atoms with Crippen molar-refractivity contribution in [3.8, 4) is 0 Å². The van der Waals surface area contributed by atoms with Crippen molar-refractivity contribution in [3.05, 3.63) is 18.3 Å². The number of sulfonamides is 1. The minimum atomic E-state index is -3.40. The Morgan fingerprint density at radius 1 is 1.41 bits per heavy atom. The van der Waals surface area contributed by atoms with Crippen LogP contribution >= 0.6 is 11.6 Å². The summed E-state index contributed by atoms with van der Waals surface area (Å²) in [4.78, 5) is 4.22. The molecule has 0 unspecified atom stereocenters. The van der Waals surface area contributed by atoms with Gasteiger partial charge in [-0.3, -0.25) is 0 Å². The second-order valence-corrected chi connectivity index (χ2v) is 6.17. The average molecular weight is 278 g/mol. The molecular weight excluding hydrogens is 262 g/mol. The molecule has 0 bridgehead atoms. The summed E-state index contributed by atoms with van der Waals surface area (Å²) in [7, 11) is -0.421. The fraction of sp³-hybridized carbons (Fsp3) is 0.500. The Labute approximate surface area is 107 Å². The van der Waals surface area contributed by atoms with E-state index in [1.54, 1.807) is 6.07 Å². The molecule has 1 aromatic heterocycles. The van der Waals surface area contributed by atoms with Crippen LogP contribution in [0.4, 0.5) is 5.82 Å². The first-order chi connectivity index (χ1) is 7.98. The van der Waals surface area contributed by atoms with Crippen LogP contribution in [0.25, 0.3) is 0 Å². The summed E-state index contributed by atoms with van der Waals surface area (Å²) >= 11 is 5.54. The Hall–Kier alpha value is -0.850. The number of halogens is 1. The van der Waals surface area contributed by atoms with Crippen LogP contribution in [0.1, 0.15) is 6.42 Å². The molecule has 0 aliphatic heterocycles. The lowest BCUT2D eigenvalue weighted by Crippen LogP contribution is -2.22. The fourth-order valence-electron chi connectivity index (χ4n) is 1.13. The van der Waals surface area contributed by atoms with E-state index in [4.69, 9.17) is 11.6 Å². The molecule has 0 saturated carbocycles. The maximum absolute atomic E-state index is 11.8. The molecule has 1 N–H and O–H groups in total. The van der Waals surface area contributed by atoms with Gasteiger partial charge in [-0.2, -0.15) is 0 Å². The Kier molecular flexibility index (Phi) is 5.17. The molecule has 0 atom stereocenters. The molecule has 96 valence electrons. The van der Waals surface area contributed by atoms with Gasteiger partial charge in [0, 0.05) is 32.7 Å². The smallest absolute Gasteiger partial charge is 0.244 e. The lowest BCUT2D eigenvalue weighted by molar-refractivity contribution is 0.520. The molecule has 0 fully saturated rings. The van der Waals surface area contributed by atoms with Crippen LogP contribution in [-0.2, 0) is 10.0 Å². The molecule has 7 heteroatoms. The van der Waals surface area contributed by atoms with Gasteiger partial charge in [-0.1, -0.05) is 0 Å². The highest BCUT2D eigenvalue weighted by molar-refractivity contribution is 7.89. The molecule has 0 amide bonds. The molecule has 1 aromatic rings. The molecule has 5 nitrogen and oxygen atoms in total. The highest BCUT2D eigenvalue weighted by atomic mass is 35.5. The molecule has 0 spiro atoms. The van der Waals surface area contributed by atoms with Gasteiger partial charge < -0.3 is 5.32 Å². The highest BCUT2D eigenvalue weighted by Gasteiger charge is 2.16. The van der Waals surface area contributed by atoms with Gasteiger partial charge in [0.05, 0.1) is 0 Å². The minimum Gasteiger partial charge on any atom is -0.370 e. The van der Waals surface area contributed by atoms with Gasteiger partial charge in [-0.05, 0) is 18.6 Å². The summed E-state index contributed by atoms with van der Waals surface area (Å²) < 4.78 is 24.7. The monoisotopic (exact) mass is 277 g/mol. The largest absolute Gasteiger partial charge is 0.370 e. The van der Waals surface area contributed by atoms with Crippen molar-refractivity contribution in [1.82, 2.24) is 9.29 Å². The molecule has 17 heavy (non-hydrogen) atoms. The second-order valence-electron chi connectivity index (χ2n) is 3.64. The Morgan fingerprint density at radius 2 is 2.12 bits per heavy atom. The fourth-order valence-corrected chi connectivity index (χ4v) is 2.11. The maximum Gasteiger partial charge on any atom is 0.244 e. The van der Waals surface area contributed by atoms with Gasteiger partial charge in [-0.15, -0.1) is 11.6 Å². The molecule has 0 aromatic carbocycles. The third-order valence-corrected chi connectivity index (χ3v) is 4.20. The van der Waals surface area contributed by atoms with E-state index in [1.807, 2.05) is 0 Å². The van der Waals surface area contributed by atoms with Crippen molar-refractivity contribution < 1.29 is 8.42 Å². The highest BCUT2D eigenvalue weighted by Crippen LogP contribution is 2.13. The lowest BCUT2D eigenvalue weighted by Gasteiger charge is -2.11. The predicted octanol–water partition coefficient (Wildman–Crippen LogP) is 1.37. The minimum absolute atomic E-state index is 0.186. The number of hydrogen-bond donors (Lipinski definition) is 1. The first-order valence-electron chi connectivity index (χ1n) is 5.17. The third-order valence-electron chi connectivity index (χ3n) is 2.13. The summed E-state index contributed by atoms with van der Waals surface area (Å²) in [6, 6.07) is 3.18. The van der Waals surface area contributed by atoms with Gasteiger partial charge in [0.25, 0.3) is 0 Å². The topological polar surface area (TPSA) is 62.3 Å². The zero-order valence-corrected chi connectivity index (χ0v) is 11.4. The van der Waals surface area contributed by atoms with Gasteiger partial charge in [0.15, 0.2) is 0 Å². The molecule has 0 radical (unpaired) electrons. The Morgan fingerprint density at radius 3 is 2.59 bits per heavy atom. The third kappa shape index (κ3) is 3.83. The van der Waals surface area contributed by atoms with E-state index in [0.29, 0.717) is 11.7 Å². The van der Waals surface area contributed by atoms with Gasteiger partial charge in [-0.25, -0.2) is 17.7 Å². The summed E-state index contributed by atoms with van der Waals surface area (Å²) in [5.41, 5.74) is 0. The number of alkyl halides is 1. The summed E-state index contributed by atoms with van der Waals surface area (Å²) in [6.45, 7) is 0.719. The van der Waals surface area contributed by atoms with E-state index in [1.165, 1.54) is 26.4 Å². The van der Waals surface area contributed by atoms with Crippen molar-refractivity contribution in [3.63, 3.8) is 0 Å². The van der Waals surface area contributed by atoms with Crippen LogP contribution < -0.4 is 5.32 Å². The van der Waals surface area contributed by atoms with Crippen molar-refractivity contribution in [2.45, 2.75) is 11.3 Å². The SMILES string of the molecule is CN(C)S(=O)(=O)c1ccc(NCCCCl)nc1. The van der Waals surface area contributed by atoms with Crippen LogP contribution in [0.2, 0.25) is 0 Å². The van der Waals surface area contributed by atoms with E-state index in [2.05, 4.69) is 10.3 Å². The summed E-state index contributed by atoms with van der Waals surface area (Å²) in [5.74, 6) is 1.23. The molecular formula is C10H16ClN3O2S.